The van der Waals surface area contributed by atoms with Crippen molar-refractivity contribution in [2.75, 3.05) is 11.9 Å². The summed E-state index contributed by atoms with van der Waals surface area (Å²) in [6.07, 6.45) is 2.88. The number of nitrogens with one attached hydrogen (secondary N) is 2. The first-order valence-corrected chi connectivity index (χ1v) is 13.0. The lowest BCUT2D eigenvalue weighted by atomic mass is 9.78. The molecule has 0 unspecified atom stereocenters. The van der Waals surface area contributed by atoms with Crippen molar-refractivity contribution < 1.29 is 18.8 Å². The summed E-state index contributed by atoms with van der Waals surface area (Å²) >= 11 is 12.5. The van der Waals surface area contributed by atoms with Crippen molar-refractivity contribution in [3.05, 3.63) is 63.4 Å². The quantitative estimate of drug-likeness (QED) is 0.539. The van der Waals surface area contributed by atoms with Crippen LogP contribution in [-0.2, 0) is 15.0 Å². The van der Waals surface area contributed by atoms with Crippen LogP contribution >= 0.6 is 23.2 Å². The molecule has 9 heteroatoms. The molecule has 2 aliphatic heterocycles. The number of anilines is 1. The van der Waals surface area contributed by atoms with E-state index in [2.05, 4.69) is 10.6 Å². The number of nitrogens with zero attached hydrogens (tertiary/aromatic N) is 1. The summed E-state index contributed by atoms with van der Waals surface area (Å²) in [5.41, 5.74) is 0.267. The summed E-state index contributed by atoms with van der Waals surface area (Å²) in [6.45, 7) is 4.13. The molecule has 1 saturated heterocycles. The highest BCUT2D eigenvalue weighted by atomic mass is 35.5. The molecule has 190 valence electrons. The van der Waals surface area contributed by atoms with Crippen LogP contribution in [0.1, 0.15) is 55.5 Å². The van der Waals surface area contributed by atoms with E-state index in [0.717, 1.165) is 12.8 Å². The lowest BCUT2D eigenvalue weighted by Crippen LogP contribution is -2.52. The van der Waals surface area contributed by atoms with Gasteiger partial charge in [0.15, 0.2) is 0 Å². The molecular formula is C27H28Cl2FN3O3. The molecule has 2 N–H and O–H groups in total. The fourth-order valence-electron chi connectivity index (χ4n) is 5.58. The molecule has 1 aliphatic carbocycles. The third-order valence-corrected chi connectivity index (χ3v) is 8.32. The average Bonchev–Trinajstić information content (AvgIpc) is 3.48. The van der Waals surface area contributed by atoms with Gasteiger partial charge in [-0.1, -0.05) is 56.0 Å². The van der Waals surface area contributed by atoms with Gasteiger partial charge in [-0.25, -0.2) is 4.39 Å². The highest BCUT2D eigenvalue weighted by Crippen LogP contribution is 2.48. The van der Waals surface area contributed by atoms with Crippen LogP contribution in [0.4, 0.5) is 10.1 Å². The van der Waals surface area contributed by atoms with Crippen molar-refractivity contribution in [3.8, 4) is 0 Å². The second-order valence-electron chi connectivity index (χ2n) is 10.5. The van der Waals surface area contributed by atoms with Crippen LogP contribution in [0.2, 0.25) is 10.0 Å². The number of benzene rings is 2. The van der Waals surface area contributed by atoms with Crippen molar-refractivity contribution in [3.63, 3.8) is 0 Å². The first kappa shape index (κ1) is 25.0. The second kappa shape index (κ2) is 9.34. The molecule has 1 saturated carbocycles. The van der Waals surface area contributed by atoms with E-state index in [1.807, 2.05) is 13.8 Å². The lowest BCUT2D eigenvalue weighted by Gasteiger charge is -2.31. The van der Waals surface area contributed by atoms with Gasteiger partial charge in [-0.3, -0.25) is 14.4 Å². The summed E-state index contributed by atoms with van der Waals surface area (Å²) < 4.78 is 14.2. The van der Waals surface area contributed by atoms with Gasteiger partial charge in [-0.2, -0.15) is 0 Å². The van der Waals surface area contributed by atoms with Crippen molar-refractivity contribution >= 4 is 46.6 Å². The van der Waals surface area contributed by atoms with E-state index in [1.165, 1.54) is 12.1 Å². The molecule has 1 spiro atoms. The predicted molar refractivity (Wildman–Crippen MR) is 137 cm³/mol. The maximum absolute atomic E-state index is 14.2. The Labute approximate surface area is 219 Å². The van der Waals surface area contributed by atoms with Gasteiger partial charge in [0.1, 0.15) is 11.9 Å². The lowest BCUT2D eigenvalue weighted by molar-refractivity contribution is -0.135. The number of carbonyl (C=O) groups is 3. The van der Waals surface area contributed by atoms with Gasteiger partial charge >= 0.3 is 0 Å². The molecule has 2 aromatic carbocycles. The standard InChI is InChI=1S/C27H28Cl2FN3O3/c1-14(2)22-12-27(17-11-16(30)8-9-20(17)32-26(27)36)13-33(22)25(35)21(10-15-6-7-15)31-24(34)23-18(28)4-3-5-19(23)29/h3-5,8-9,11,14-15,21-22H,6-7,10,12-13H2,1-2H3,(H,31,34)(H,32,36)/t21-,22-,27-/m0/s1. The third kappa shape index (κ3) is 4.37. The summed E-state index contributed by atoms with van der Waals surface area (Å²) in [5, 5.41) is 6.17. The monoisotopic (exact) mass is 531 g/mol. The number of carbonyl (C=O) groups excluding carboxylic acids is 3. The minimum Gasteiger partial charge on any atom is -0.340 e. The molecule has 3 amide bonds. The number of rotatable bonds is 6. The molecule has 2 heterocycles. The number of fused-ring (bicyclic) bond motifs is 2. The van der Waals surface area contributed by atoms with Crippen LogP contribution in [0.15, 0.2) is 36.4 Å². The maximum Gasteiger partial charge on any atom is 0.254 e. The van der Waals surface area contributed by atoms with Crippen LogP contribution in [0, 0.1) is 17.7 Å². The van der Waals surface area contributed by atoms with Gasteiger partial charge < -0.3 is 15.5 Å². The Balaban J connectivity index is 1.46. The van der Waals surface area contributed by atoms with Crippen molar-refractivity contribution in [2.24, 2.45) is 11.8 Å². The Morgan fingerprint density at radius 2 is 1.89 bits per heavy atom. The van der Waals surface area contributed by atoms with E-state index in [0.29, 0.717) is 30.0 Å². The van der Waals surface area contributed by atoms with Crippen molar-refractivity contribution in [1.29, 1.82) is 0 Å². The molecule has 5 rings (SSSR count). The molecule has 3 aliphatic rings. The third-order valence-electron chi connectivity index (χ3n) is 7.69. The number of hydrogen-bond donors (Lipinski definition) is 2. The predicted octanol–water partition coefficient (Wildman–Crippen LogP) is 5.18. The molecule has 3 atom stereocenters. The minimum atomic E-state index is -1.03. The number of halogens is 3. The number of hydrogen-bond acceptors (Lipinski definition) is 3. The van der Waals surface area contributed by atoms with Crippen LogP contribution in [-0.4, -0.2) is 41.2 Å². The Bertz CT molecular complexity index is 1230. The highest BCUT2D eigenvalue weighted by molar-refractivity contribution is 6.39. The average molecular weight is 532 g/mol. The van der Waals surface area contributed by atoms with E-state index < -0.39 is 23.2 Å². The smallest absolute Gasteiger partial charge is 0.254 e. The maximum atomic E-state index is 14.2. The fourth-order valence-corrected chi connectivity index (χ4v) is 6.14. The molecule has 2 aromatic rings. The Kier molecular flexibility index (Phi) is 6.50. The van der Waals surface area contributed by atoms with E-state index in [4.69, 9.17) is 23.2 Å². The molecule has 0 bridgehead atoms. The molecule has 36 heavy (non-hydrogen) atoms. The highest BCUT2D eigenvalue weighted by Gasteiger charge is 2.57. The number of amides is 3. The molecule has 2 fully saturated rings. The largest absolute Gasteiger partial charge is 0.340 e. The van der Waals surface area contributed by atoms with Gasteiger partial charge in [0, 0.05) is 18.3 Å². The Morgan fingerprint density at radius 3 is 2.53 bits per heavy atom. The molecule has 6 nitrogen and oxygen atoms in total. The van der Waals surface area contributed by atoms with E-state index in [1.54, 1.807) is 29.2 Å². The second-order valence-corrected chi connectivity index (χ2v) is 11.3. The van der Waals surface area contributed by atoms with Crippen molar-refractivity contribution in [2.45, 2.75) is 57.0 Å². The van der Waals surface area contributed by atoms with Crippen LogP contribution < -0.4 is 10.6 Å². The minimum absolute atomic E-state index is 0.0500. The topological polar surface area (TPSA) is 78.5 Å². The number of likely N-dealkylation sites (tertiary alicyclic amines) is 1. The summed E-state index contributed by atoms with van der Waals surface area (Å²) in [6, 6.07) is 8.04. The zero-order chi connectivity index (χ0) is 25.8. The summed E-state index contributed by atoms with van der Waals surface area (Å²) in [7, 11) is 0. The zero-order valence-electron chi connectivity index (χ0n) is 20.1. The van der Waals surface area contributed by atoms with E-state index in [-0.39, 0.29) is 45.9 Å². The Hall–Kier alpha value is -2.64. The first-order chi connectivity index (χ1) is 17.1. The zero-order valence-corrected chi connectivity index (χ0v) is 21.6. The fraction of sp³-hybridized carbons (Fsp3) is 0.444. The van der Waals surface area contributed by atoms with Crippen LogP contribution in [0.5, 0.6) is 0 Å². The normalized spacial score (nSPS) is 23.7. The van der Waals surface area contributed by atoms with Gasteiger partial charge in [-0.15, -0.1) is 0 Å². The molecule has 0 radical (unpaired) electrons. The van der Waals surface area contributed by atoms with E-state index >= 15 is 0 Å². The van der Waals surface area contributed by atoms with Crippen LogP contribution in [0.3, 0.4) is 0 Å². The van der Waals surface area contributed by atoms with Gasteiger partial charge in [0.2, 0.25) is 11.8 Å². The SMILES string of the molecule is CC(C)[C@@H]1C[C@@]2(CN1C(=O)[C@H](CC1CC1)NC(=O)c1c(Cl)cccc1Cl)C(=O)Nc1ccc(F)cc12. The summed E-state index contributed by atoms with van der Waals surface area (Å²) in [4.78, 5) is 42.1. The molecule has 0 aromatic heterocycles. The van der Waals surface area contributed by atoms with Crippen molar-refractivity contribution in [1.82, 2.24) is 10.2 Å². The van der Waals surface area contributed by atoms with Gasteiger partial charge in [0.05, 0.1) is 21.0 Å². The summed E-state index contributed by atoms with van der Waals surface area (Å²) in [5.74, 6) is -1.01. The Morgan fingerprint density at radius 1 is 1.19 bits per heavy atom. The molecular weight excluding hydrogens is 504 g/mol. The van der Waals surface area contributed by atoms with E-state index in [9.17, 15) is 18.8 Å². The van der Waals surface area contributed by atoms with Gasteiger partial charge in [-0.05, 0) is 60.6 Å². The van der Waals surface area contributed by atoms with Gasteiger partial charge in [0.25, 0.3) is 5.91 Å². The first-order valence-electron chi connectivity index (χ1n) is 12.3. The van der Waals surface area contributed by atoms with Crippen LogP contribution in [0.25, 0.3) is 0 Å².